The molecule has 0 saturated heterocycles. The Hall–Kier alpha value is -5.88. The Bertz CT molecular complexity index is 2360. The Balaban J connectivity index is 1.22. The molecule has 0 N–H and O–H groups in total. The van der Waals surface area contributed by atoms with Crippen LogP contribution in [-0.2, 0) is 0 Å². The summed E-state index contributed by atoms with van der Waals surface area (Å²) in [7, 11) is 0. The molecule has 42 heavy (non-hydrogen) atoms. The Morgan fingerprint density at radius 3 is 0.857 bits per heavy atom. The first-order valence-corrected chi connectivity index (χ1v) is 13.8. The Morgan fingerprint density at radius 1 is 0.262 bits per heavy atom. The Kier molecular flexibility index (Phi) is 4.80. The van der Waals surface area contributed by atoms with Crippen molar-refractivity contribution in [2.45, 2.75) is 0 Å². The Labute approximate surface area is 239 Å². The van der Waals surface area contributed by atoms with Crippen molar-refractivity contribution < 1.29 is 0 Å². The highest BCUT2D eigenvalue weighted by atomic mass is 14.8. The summed E-state index contributed by atoms with van der Waals surface area (Å²) in [6.07, 6.45) is 3.62. The highest BCUT2D eigenvalue weighted by molar-refractivity contribution is 6.06. The molecule has 0 aliphatic carbocycles. The maximum absolute atomic E-state index is 5.11. The number of pyridine rings is 6. The first kappa shape index (κ1) is 22.9. The lowest BCUT2D eigenvalue weighted by atomic mass is 10.1. The second-order valence-corrected chi connectivity index (χ2v) is 10.4. The SMILES string of the molecule is c1cnc2c(c1)ccc1ccc(-c3ccc4ccc5ccc(-c6ccc7ccc8cccnc8c7n6)nc5c4n3)nc12. The molecule has 0 amide bonds. The summed E-state index contributed by atoms with van der Waals surface area (Å²) in [4.78, 5) is 29.5. The average molecular weight is 537 g/mol. The fourth-order valence-corrected chi connectivity index (χ4v) is 5.79. The zero-order chi connectivity index (χ0) is 27.6. The van der Waals surface area contributed by atoms with Crippen LogP contribution in [-0.4, -0.2) is 29.9 Å². The van der Waals surface area contributed by atoms with Gasteiger partial charge in [-0.05, 0) is 36.4 Å². The molecule has 6 heterocycles. The number of nitrogens with zero attached hydrogens (tertiary/aromatic N) is 6. The third-order valence-electron chi connectivity index (χ3n) is 7.91. The monoisotopic (exact) mass is 536 g/mol. The van der Waals surface area contributed by atoms with Gasteiger partial charge in [0.25, 0.3) is 0 Å². The molecular formula is C36H20N6. The van der Waals surface area contributed by atoms with Crippen molar-refractivity contribution in [2.24, 2.45) is 0 Å². The van der Waals surface area contributed by atoms with Gasteiger partial charge in [0.2, 0.25) is 0 Å². The molecule has 0 unspecified atom stereocenters. The molecule has 9 rings (SSSR count). The van der Waals surface area contributed by atoms with E-state index < -0.39 is 0 Å². The molecule has 0 fully saturated rings. The molecule has 0 saturated carbocycles. The van der Waals surface area contributed by atoms with E-state index in [-0.39, 0.29) is 0 Å². The third kappa shape index (κ3) is 3.52. The fourth-order valence-electron chi connectivity index (χ4n) is 5.79. The summed E-state index contributed by atoms with van der Waals surface area (Å²) >= 11 is 0. The number of hydrogen-bond donors (Lipinski definition) is 0. The quantitative estimate of drug-likeness (QED) is 0.207. The minimum Gasteiger partial charge on any atom is -0.254 e. The molecule has 0 bridgehead atoms. The summed E-state index contributed by atoms with van der Waals surface area (Å²) in [6, 6.07) is 37.0. The fraction of sp³-hybridized carbons (Fsp3) is 0. The second kappa shape index (κ2) is 8.81. The molecule has 0 radical (unpaired) electrons. The smallest absolute Gasteiger partial charge is 0.0973 e. The lowest BCUT2D eigenvalue weighted by Crippen LogP contribution is -1.94. The maximum Gasteiger partial charge on any atom is 0.0973 e. The Morgan fingerprint density at radius 2 is 0.524 bits per heavy atom. The van der Waals surface area contributed by atoms with E-state index >= 15 is 0 Å². The van der Waals surface area contributed by atoms with E-state index in [0.717, 1.165) is 88.2 Å². The van der Waals surface area contributed by atoms with Crippen molar-refractivity contribution in [2.75, 3.05) is 0 Å². The van der Waals surface area contributed by atoms with E-state index in [0.29, 0.717) is 0 Å². The first-order chi connectivity index (χ1) is 20.8. The van der Waals surface area contributed by atoms with E-state index in [4.69, 9.17) is 19.9 Å². The van der Waals surface area contributed by atoms with Gasteiger partial charge in [-0.2, -0.15) is 0 Å². The van der Waals surface area contributed by atoms with E-state index in [1.165, 1.54) is 0 Å². The molecule has 3 aromatic carbocycles. The number of fused-ring (bicyclic) bond motifs is 9. The average Bonchev–Trinajstić information content (AvgIpc) is 3.07. The number of rotatable bonds is 2. The number of hydrogen-bond acceptors (Lipinski definition) is 6. The zero-order valence-electron chi connectivity index (χ0n) is 22.2. The highest BCUT2D eigenvalue weighted by Gasteiger charge is 2.12. The minimum atomic E-state index is 0.790. The molecule has 0 atom stereocenters. The number of benzene rings is 3. The lowest BCUT2D eigenvalue weighted by molar-refractivity contribution is 1.30. The largest absolute Gasteiger partial charge is 0.254 e. The molecule has 0 spiro atoms. The zero-order valence-corrected chi connectivity index (χ0v) is 22.2. The third-order valence-corrected chi connectivity index (χ3v) is 7.91. The van der Waals surface area contributed by atoms with Crippen molar-refractivity contribution in [3.05, 3.63) is 122 Å². The molecular weight excluding hydrogens is 516 g/mol. The van der Waals surface area contributed by atoms with E-state index in [9.17, 15) is 0 Å². The number of aromatic nitrogens is 6. The topological polar surface area (TPSA) is 77.3 Å². The molecule has 194 valence electrons. The summed E-state index contributed by atoms with van der Waals surface area (Å²) in [5.74, 6) is 0. The van der Waals surface area contributed by atoms with Gasteiger partial charge in [-0.25, -0.2) is 19.9 Å². The molecule has 9 aromatic rings. The van der Waals surface area contributed by atoms with Gasteiger partial charge in [0, 0.05) is 44.7 Å². The van der Waals surface area contributed by atoms with E-state index in [1.807, 2.05) is 48.8 Å². The van der Waals surface area contributed by atoms with Crippen LogP contribution in [0.4, 0.5) is 0 Å². The summed E-state index contributed by atoms with van der Waals surface area (Å²) in [6.45, 7) is 0. The van der Waals surface area contributed by atoms with Gasteiger partial charge in [-0.3, -0.25) is 9.97 Å². The molecule has 6 nitrogen and oxygen atoms in total. The van der Waals surface area contributed by atoms with Crippen LogP contribution in [0.15, 0.2) is 122 Å². The summed E-state index contributed by atoms with van der Waals surface area (Å²) < 4.78 is 0. The minimum absolute atomic E-state index is 0.790. The van der Waals surface area contributed by atoms with Crippen molar-refractivity contribution in [1.29, 1.82) is 0 Å². The van der Waals surface area contributed by atoms with Crippen LogP contribution in [0, 0.1) is 0 Å². The lowest BCUT2D eigenvalue weighted by Gasteiger charge is -2.09. The van der Waals surface area contributed by atoms with Crippen LogP contribution in [0.1, 0.15) is 0 Å². The predicted octanol–water partition coefficient (Wildman–Crippen LogP) is 8.31. The molecule has 6 heteroatoms. The van der Waals surface area contributed by atoms with Crippen LogP contribution < -0.4 is 0 Å². The van der Waals surface area contributed by atoms with Gasteiger partial charge in [-0.1, -0.05) is 72.8 Å². The van der Waals surface area contributed by atoms with Crippen LogP contribution in [0.3, 0.4) is 0 Å². The van der Waals surface area contributed by atoms with Crippen LogP contribution in [0.25, 0.3) is 88.2 Å². The predicted molar refractivity (Wildman–Crippen MR) is 169 cm³/mol. The van der Waals surface area contributed by atoms with E-state index in [1.54, 1.807) is 0 Å². The van der Waals surface area contributed by atoms with Crippen LogP contribution >= 0.6 is 0 Å². The van der Waals surface area contributed by atoms with Gasteiger partial charge in [0.15, 0.2) is 0 Å². The van der Waals surface area contributed by atoms with Crippen molar-refractivity contribution >= 4 is 65.4 Å². The molecule has 0 aliphatic rings. The second-order valence-electron chi connectivity index (χ2n) is 10.4. The van der Waals surface area contributed by atoms with Crippen molar-refractivity contribution in [3.63, 3.8) is 0 Å². The van der Waals surface area contributed by atoms with Crippen LogP contribution in [0.5, 0.6) is 0 Å². The van der Waals surface area contributed by atoms with Crippen molar-refractivity contribution in [1.82, 2.24) is 29.9 Å². The van der Waals surface area contributed by atoms with Gasteiger partial charge >= 0.3 is 0 Å². The van der Waals surface area contributed by atoms with Gasteiger partial charge in [0.05, 0.1) is 55.9 Å². The molecule has 6 aromatic heterocycles. The normalized spacial score (nSPS) is 11.8. The van der Waals surface area contributed by atoms with Gasteiger partial charge in [0.1, 0.15) is 0 Å². The molecule has 0 aliphatic heterocycles. The van der Waals surface area contributed by atoms with Gasteiger partial charge < -0.3 is 0 Å². The summed E-state index contributed by atoms with van der Waals surface area (Å²) in [5, 5.41) is 6.27. The van der Waals surface area contributed by atoms with Crippen molar-refractivity contribution in [3.8, 4) is 22.8 Å². The van der Waals surface area contributed by atoms with E-state index in [2.05, 4.69) is 82.8 Å². The summed E-state index contributed by atoms with van der Waals surface area (Å²) in [5.41, 5.74) is 8.36. The standard InChI is InChI=1S/C36H20N6/c1-3-21-5-7-23-11-15-27(39-33(23)31(21)37-19-1)29-17-13-25-9-10-26-14-18-30(42-36(26)35(25)41-29)28-16-12-24-8-6-22-4-2-20-38-32(22)34(24)40-28/h1-20H. The first-order valence-electron chi connectivity index (χ1n) is 13.8. The van der Waals surface area contributed by atoms with Crippen LogP contribution in [0.2, 0.25) is 0 Å². The highest BCUT2D eigenvalue weighted by Crippen LogP contribution is 2.31. The maximum atomic E-state index is 5.11. The van der Waals surface area contributed by atoms with Gasteiger partial charge in [-0.15, -0.1) is 0 Å².